The minimum absolute atomic E-state index is 0.153. The van der Waals surface area contributed by atoms with Crippen LogP contribution in [-0.2, 0) is 18.3 Å². The summed E-state index contributed by atoms with van der Waals surface area (Å²) in [5, 5.41) is 2.95. The Bertz CT molecular complexity index is 919. The van der Waals surface area contributed by atoms with Crippen molar-refractivity contribution in [1.82, 2.24) is 19.8 Å². The highest BCUT2D eigenvalue weighted by Gasteiger charge is 2.23. The van der Waals surface area contributed by atoms with Crippen LogP contribution in [0.2, 0.25) is 0 Å². The van der Waals surface area contributed by atoms with Gasteiger partial charge in [-0.25, -0.2) is 9.37 Å². The summed E-state index contributed by atoms with van der Waals surface area (Å²) in [6.07, 6.45) is 0.625. The van der Waals surface area contributed by atoms with E-state index in [9.17, 15) is 9.18 Å². The Balaban J connectivity index is 1.67. The molecular formula is C20H23FN4O. The van der Waals surface area contributed by atoms with Crippen LogP contribution in [0.25, 0.3) is 11.0 Å². The van der Waals surface area contributed by atoms with Crippen LogP contribution in [0.5, 0.6) is 0 Å². The fourth-order valence-corrected chi connectivity index (χ4v) is 3.17. The summed E-state index contributed by atoms with van der Waals surface area (Å²) < 4.78 is 15.6. The molecule has 0 aliphatic rings. The number of carbonyl (C=O) groups is 1. The van der Waals surface area contributed by atoms with E-state index in [4.69, 9.17) is 0 Å². The van der Waals surface area contributed by atoms with Gasteiger partial charge < -0.3 is 9.88 Å². The van der Waals surface area contributed by atoms with Crippen LogP contribution in [0.4, 0.5) is 4.39 Å². The van der Waals surface area contributed by atoms with Gasteiger partial charge in [0, 0.05) is 20.0 Å². The molecule has 0 aliphatic heterocycles. The number of para-hydroxylation sites is 2. The third-order valence-corrected chi connectivity index (χ3v) is 4.46. The second-order valence-corrected chi connectivity index (χ2v) is 6.54. The van der Waals surface area contributed by atoms with Crippen molar-refractivity contribution in [3.8, 4) is 0 Å². The second kappa shape index (κ2) is 7.66. The maximum atomic E-state index is 13.5. The number of rotatable bonds is 6. The highest BCUT2D eigenvalue weighted by Crippen LogP contribution is 2.19. The van der Waals surface area contributed by atoms with Crippen molar-refractivity contribution < 1.29 is 9.18 Å². The van der Waals surface area contributed by atoms with Crippen LogP contribution in [0, 0.1) is 5.82 Å². The standard InChI is InChI=1S/C20H23FN4O/c1-24(2)19(14-7-6-8-15(21)13-14)20(26)22-12-11-18-23-16-9-4-5-10-17(16)25(18)3/h4-10,13,19H,11-12H2,1-3H3,(H,22,26). The Morgan fingerprint density at radius 2 is 2.00 bits per heavy atom. The van der Waals surface area contributed by atoms with Gasteiger partial charge in [0.2, 0.25) is 5.91 Å². The number of fused-ring (bicyclic) bond motifs is 1. The second-order valence-electron chi connectivity index (χ2n) is 6.54. The highest BCUT2D eigenvalue weighted by molar-refractivity contribution is 5.83. The van der Waals surface area contributed by atoms with E-state index in [1.54, 1.807) is 31.1 Å². The molecular weight excluding hydrogens is 331 g/mol. The molecule has 136 valence electrons. The van der Waals surface area contributed by atoms with Gasteiger partial charge in [-0.1, -0.05) is 24.3 Å². The molecule has 3 aromatic rings. The van der Waals surface area contributed by atoms with Gasteiger partial charge in [0.1, 0.15) is 17.7 Å². The summed E-state index contributed by atoms with van der Waals surface area (Å²) in [4.78, 5) is 19.0. The number of imidazole rings is 1. The summed E-state index contributed by atoms with van der Waals surface area (Å²) in [5.41, 5.74) is 2.65. The smallest absolute Gasteiger partial charge is 0.241 e. The van der Waals surface area contributed by atoms with E-state index in [0.29, 0.717) is 18.5 Å². The van der Waals surface area contributed by atoms with Crippen molar-refractivity contribution in [2.45, 2.75) is 12.5 Å². The number of benzene rings is 2. The number of amides is 1. The molecule has 0 saturated heterocycles. The first-order valence-corrected chi connectivity index (χ1v) is 8.57. The van der Waals surface area contributed by atoms with Crippen LogP contribution in [0.3, 0.4) is 0 Å². The number of likely N-dealkylation sites (N-methyl/N-ethyl adjacent to an activating group) is 1. The normalized spacial score (nSPS) is 12.5. The van der Waals surface area contributed by atoms with Crippen LogP contribution in [0.1, 0.15) is 17.4 Å². The van der Waals surface area contributed by atoms with E-state index < -0.39 is 6.04 Å². The molecule has 1 amide bonds. The van der Waals surface area contributed by atoms with Gasteiger partial charge in [0.25, 0.3) is 0 Å². The summed E-state index contributed by atoms with van der Waals surface area (Å²) >= 11 is 0. The number of nitrogens with zero attached hydrogens (tertiary/aromatic N) is 3. The Kier molecular flexibility index (Phi) is 5.32. The Labute approximate surface area is 152 Å². The zero-order valence-electron chi connectivity index (χ0n) is 15.2. The number of nitrogens with one attached hydrogen (secondary N) is 1. The van der Waals surface area contributed by atoms with Crippen molar-refractivity contribution in [3.05, 3.63) is 65.7 Å². The molecule has 6 heteroatoms. The third kappa shape index (κ3) is 3.75. The van der Waals surface area contributed by atoms with Crippen LogP contribution in [-0.4, -0.2) is 41.0 Å². The topological polar surface area (TPSA) is 50.2 Å². The van der Waals surface area contributed by atoms with Gasteiger partial charge in [0.05, 0.1) is 11.0 Å². The first-order chi connectivity index (χ1) is 12.5. The molecule has 26 heavy (non-hydrogen) atoms. The Hall–Kier alpha value is -2.73. The molecule has 0 aliphatic carbocycles. The fraction of sp³-hybridized carbons (Fsp3) is 0.300. The number of carbonyl (C=O) groups excluding carboxylic acids is 1. The molecule has 1 atom stereocenters. The van der Waals surface area contributed by atoms with E-state index in [1.807, 2.05) is 35.9 Å². The number of halogens is 1. The van der Waals surface area contributed by atoms with E-state index in [2.05, 4.69) is 10.3 Å². The summed E-state index contributed by atoms with van der Waals surface area (Å²) in [6.45, 7) is 0.468. The van der Waals surface area contributed by atoms with Gasteiger partial charge >= 0.3 is 0 Å². The molecule has 5 nitrogen and oxygen atoms in total. The van der Waals surface area contributed by atoms with Crippen molar-refractivity contribution >= 4 is 16.9 Å². The predicted molar refractivity (Wildman–Crippen MR) is 100 cm³/mol. The lowest BCUT2D eigenvalue weighted by Crippen LogP contribution is -2.38. The molecule has 1 N–H and O–H groups in total. The summed E-state index contributed by atoms with van der Waals surface area (Å²) in [5.74, 6) is 0.417. The average Bonchev–Trinajstić information content (AvgIpc) is 2.91. The molecule has 2 aromatic carbocycles. The zero-order valence-corrected chi connectivity index (χ0v) is 15.2. The molecule has 1 unspecified atom stereocenters. The fourth-order valence-electron chi connectivity index (χ4n) is 3.17. The number of hydrogen-bond donors (Lipinski definition) is 1. The average molecular weight is 354 g/mol. The lowest BCUT2D eigenvalue weighted by Gasteiger charge is -2.23. The van der Waals surface area contributed by atoms with Gasteiger partial charge in [-0.2, -0.15) is 0 Å². The maximum absolute atomic E-state index is 13.5. The lowest BCUT2D eigenvalue weighted by atomic mass is 10.1. The van der Waals surface area contributed by atoms with E-state index >= 15 is 0 Å². The largest absolute Gasteiger partial charge is 0.354 e. The Morgan fingerprint density at radius 1 is 1.23 bits per heavy atom. The van der Waals surface area contributed by atoms with Crippen LogP contribution >= 0.6 is 0 Å². The van der Waals surface area contributed by atoms with E-state index in [0.717, 1.165) is 16.9 Å². The molecule has 0 saturated carbocycles. The Morgan fingerprint density at radius 3 is 2.69 bits per heavy atom. The monoisotopic (exact) mass is 354 g/mol. The molecule has 0 bridgehead atoms. The SMILES string of the molecule is CN(C)C(C(=O)NCCc1nc2ccccc2n1C)c1cccc(F)c1. The van der Waals surface area contributed by atoms with Gasteiger partial charge in [0.15, 0.2) is 0 Å². The molecule has 1 heterocycles. The van der Waals surface area contributed by atoms with Crippen molar-refractivity contribution in [2.75, 3.05) is 20.6 Å². The van der Waals surface area contributed by atoms with Crippen molar-refractivity contribution in [2.24, 2.45) is 7.05 Å². The van der Waals surface area contributed by atoms with Crippen LogP contribution in [0.15, 0.2) is 48.5 Å². The third-order valence-electron chi connectivity index (χ3n) is 4.46. The quantitative estimate of drug-likeness (QED) is 0.740. The highest BCUT2D eigenvalue weighted by atomic mass is 19.1. The van der Waals surface area contributed by atoms with Gasteiger partial charge in [-0.15, -0.1) is 0 Å². The number of aryl methyl sites for hydroxylation is 1. The molecule has 3 rings (SSSR count). The molecule has 0 spiro atoms. The predicted octanol–water partition coefficient (Wildman–Crippen LogP) is 2.67. The van der Waals surface area contributed by atoms with Crippen molar-refractivity contribution in [3.63, 3.8) is 0 Å². The zero-order chi connectivity index (χ0) is 18.7. The van der Waals surface area contributed by atoms with Crippen molar-refractivity contribution in [1.29, 1.82) is 0 Å². The molecule has 0 fully saturated rings. The number of aromatic nitrogens is 2. The minimum atomic E-state index is -0.536. The van der Waals surface area contributed by atoms with Gasteiger partial charge in [-0.05, 0) is 43.9 Å². The molecule has 0 radical (unpaired) electrons. The van der Waals surface area contributed by atoms with E-state index in [1.165, 1.54) is 12.1 Å². The molecule has 1 aromatic heterocycles. The number of hydrogen-bond acceptors (Lipinski definition) is 3. The van der Waals surface area contributed by atoms with Gasteiger partial charge in [-0.3, -0.25) is 9.69 Å². The minimum Gasteiger partial charge on any atom is -0.354 e. The lowest BCUT2D eigenvalue weighted by molar-refractivity contribution is -0.125. The summed E-state index contributed by atoms with van der Waals surface area (Å²) in [6, 6.07) is 13.6. The summed E-state index contributed by atoms with van der Waals surface area (Å²) in [7, 11) is 5.59. The first-order valence-electron chi connectivity index (χ1n) is 8.57. The van der Waals surface area contributed by atoms with Crippen LogP contribution < -0.4 is 5.32 Å². The maximum Gasteiger partial charge on any atom is 0.241 e. The van der Waals surface area contributed by atoms with E-state index in [-0.39, 0.29) is 11.7 Å². The first kappa shape index (κ1) is 18.1.